The Morgan fingerprint density at radius 1 is 1.23 bits per heavy atom. The van der Waals surface area contributed by atoms with Crippen molar-refractivity contribution < 1.29 is 24.4 Å². The highest BCUT2D eigenvalue weighted by atomic mass is 16.5. The molecule has 2 aliphatic rings. The molecule has 0 radical (unpaired) electrons. The maximum atomic E-state index is 12.4. The van der Waals surface area contributed by atoms with Crippen LogP contribution in [0.5, 0.6) is 0 Å². The van der Waals surface area contributed by atoms with Gasteiger partial charge in [0.25, 0.3) is 17.7 Å². The SMILES string of the molecule is Cc1ccc2c(c1)C(=O)N(CCCC(=O)NC1CCCN(O)C1=O)C2=O. The lowest BCUT2D eigenvalue weighted by Gasteiger charge is -2.27. The van der Waals surface area contributed by atoms with Crippen LogP contribution in [0.3, 0.4) is 0 Å². The minimum absolute atomic E-state index is 0.0850. The van der Waals surface area contributed by atoms with Crippen LogP contribution in [0, 0.1) is 6.92 Å². The molecular formula is C18H21N3O5. The van der Waals surface area contributed by atoms with Gasteiger partial charge in [-0.2, -0.15) is 0 Å². The lowest BCUT2D eigenvalue weighted by Crippen LogP contribution is -2.51. The van der Waals surface area contributed by atoms with Gasteiger partial charge < -0.3 is 5.32 Å². The minimum atomic E-state index is -0.719. The molecule has 0 spiro atoms. The first-order valence-corrected chi connectivity index (χ1v) is 8.65. The highest BCUT2D eigenvalue weighted by Gasteiger charge is 2.35. The third-order valence-electron chi connectivity index (χ3n) is 4.66. The number of nitrogens with one attached hydrogen (secondary N) is 1. The molecule has 1 aromatic carbocycles. The van der Waals surface area contributed by atoms with Crippen LogP contribution in [0.2, 0.25) is 0 Å². The van der Waals surface area contributed by atoms with Gasteiger partial charge in [0.1, 0.15) is 6.04 Å². The van der Waals surface area contributed by atoms with Gasteiger partial charge in [-0.1, -0.05) is 11.6 Å². The van der Waals surface area contributed by atoms with E-state index in [4.69, 9.17) is 0 Å². The molecule has 2 heterocycles. The molecule has 4 amide bonds. The number of carbonyl (C=O) groups excluding carboxylic acids is 4. The summed E-state index contributed by atoms with van der Waals surface area (Å²) in [6, 6.07) is 4.40. The van der Waals surface area contributed by atoms with E-state index in [-0.39, 0.29) is 37.2 Å². The number of rotatable bonds is 5. The van der Waals surface area contributed by atoms with Crippen LogP contribution in [0.4, 0.5) is 0 Å². The van der Waals surface area contributed by atoms with Crippen molar-refractivity contribution >= 4 is 23.6 Å². The van der Waals surface area contributed by atoms with Gasteiger partial charge in [-0.15, -0.1) is 0 Å². The quantitative estimate of drug-likeness (QED) is 0.599. The predicted octanol–water partition coefficient (Wildman–Crippen LogP) is 0.868. The smallest absolute Gasteiger partial charge is 0.268 e. The van der Waals surface area contributed by atoms with Crippen molar-refractivity contribution in [2.45, 2.75) is 38.6 Å². The van der Waals surface area contributed by atoms with Crippen LogP contribution >= 0.6 is 0 Å². The number of hydrogen-bond donors (Lipinski definition) is 2. The van der Waals surface area contributed by atoms with E-state index in [1.807, 2.05) is 6.92 Å². The summed E-state index contributed by atoms with van der Waals surface area (Å²) in [6.45, 7) is 2.26. The van der Waals surface area contributed by atoms with Crippen LogP contribution in [-0.2, 0) is 9.59 Å². The number of aryl methyl sites for hydroxylation is 1. The molecular weight excluding hydrogens is 338 g/mol. The molecule has 1 saturated heterocycles. The molecule has 1 aromatic rings. The van der Waals surface area contributed by atoms with Crippen molar-refractivity contribution in [1.82, 2.24) is 15.3 Å². The van der Waals surface area contributed by atoms with E-state index in [1.54, 1.807) is 18.2 Å². The molecule has 3 rings (SSSR count). The second-order valence-electron chi connectivity index (χ2n) is 6.64. The summed E-state index contributed by atoms with van der Waals surface area (Å²) in [6.07, 6.45) is 1.49. The normalized spacial score (nSPS) is 19.8. The van der Waals surface area contributed by atoms with E-state index in [0.717, 1.165) is 10.5 Å². The second-order valence-corrected chi connectivity index (χ2v) is 6.64. The summed E-state index contributed by atoms with van der Waals surface area (Å²) in [4.78, 5) is 49.6. The highest BCUT2D eigenvalue weighted by molar-refractivity contribution is 6.21. The molecule has 2 aliphatic heterocycles. The van der Waals surface area contributed by atoms with Gasteiger partial charge in [0.05, 0.1) is 11.1 Å². The zero-order valence-electron chi connectivity index (χ0n) is 14.5. The zero-order valence-corrected chi connectivity index (χ0v) is 14.5. The molecule has 0 aliphatic carbocycles. The summed E-state index contributed by atoms with van der Waals surface area (Å²) < 4.78 is 0. The first kappa shape index (κ1) is 18.1. The standard InChI is InChI=1S/C18H21N3O5/c1-11-6-7-12-13(10-11)17(24)20(16(12)23)8-3-5-15(22)19-14-4-2-9-21(26)18(14)25/h6-7,10,14,26H,2-5,8-9H2,1H3,(H,19,22). The molecule has 26 heavy (non-hydrogen) atoms. The maximum absolute atomic E-state index is 12.4. The van der Waals surface area contributed by atoms with Crippen molar-refractivity contribution in [3.05, 3.63) is 34.9 Å². The molecule has 1 unspecified atom stereocenters. The Labute approximate surface area is 150 Å². The Morgan fingerprint density at radius 2 is 1.96 bits per heavy atom. The topological polar surface area (TPSA) is 107 Å². The number of carbonyl (C=O) groups is 4. The van der Waals surface area contributed by atoms with Gasteiger partial charge in [0, 0.05) is 19.5 Å². The lowest BCUT2D eigenvalue weighted by molar-refractivity contribution is -0.173. The Kier molecular flexibility index (Phi) is 5.03. The molecule has 0 saturated carbocycles. The van der Waals surface area contributed by atoms with Crippen LogP contribution < -0.4 is 5.32 Å². The number of amides is 4. The summed E-state index contributed by atoms with van der Waals surface area (Å²) in [7, 11) is 0. The molecule has 138 valence electrons. The molecule has 2 N–H and O–H groups in total. The van der Waals surface area contributed by atoms with Crippen LogP contribution in [0.15, 0.2) is 18.2 Å². The minimum Gasteiger partial charge on any atom is -0.344 e. The Hall–Kier alpha value is -2.74. The number of piperidine rings is 1. The van der Waals surface area contributed by atoms with Crippen LogP contribution in [-0.4, -0.2) is 57.9 Å². The van der Waals surface area contributed by atoms with Gasteiger partial charge in [0.15, 0.2) is 0 Å². The summed E-state index contributed by atoms with van der Waals surface area (Å²) in [5.41, 5.74) is 1.69. The Bertz CT molecular complexity index is 776. The first-order chi connectivity index (χ1) is 12.4. The van der Waals surface area contributed by atoms with E-state index in [9.17, 15) is 24.4 Å². The van der Waals surface area contributed by atoms with E-state index >= 15 is 0 Å². The predicted molar refractivity (Wildman–Crippen MR) is 90.4 cm³/mol. The number of fused-ring (bicyclic) bond motifs is 1. The Morgan fingerprint density at radius 3 is 2.73 bits per heavy atom. The average molecular weight is 359 g/mol. The fourth-order valence-electron chi connectivity index (χ4n) is 3.26. The van der Waals surface area contributed by atoms with Gasteiger partial charge in [-0.25, -0.2) is 5.06 Å². The van der Waals surface area contributed by atoms with Gasteiger partial charge in [0.2, 0.25) is 5.91 Å². The Balaban J connectivity index is 1.51. The van der Waals surface area contributed by atoms with E-state index in [1.165, 1.54) is 0 Å². The molecule has 0 aromatic heterocycles. The average Bonchev–Trinajstić information content (AvgIpc) is 2.83. The third kappa shape index (κ3) is 3.45. The zero-order chi connectivity index (χ0) is 18.8. The first-order valence-electron chi connectivity index (χ1n) is 8.65. The summed E-state index contributed by atoms with van der Waals surface area (Å²) >= 11 is 0. The number of hydrogen-bond acceptors (Lipinski definition) is 5. The van der Waals surface area contributed by atoms with Gasteiger partial charge >= 0.3 is 0 Å². The lowest BCUT2D eigenvalue weighted by atomic mass is 10.1. The molecule has 1 fully saturated rings. The van der Waals surface area contributed by atoms with E-state index in [2.05, 4.69) is 5.32 Å². The summed E-state index contributed by atoms with van der Waals surface area (Å²) in [5, 5.41) is 12.6. The summed E-state index contributed by atoms with van der Waals surface area (Å²) in [5.74, 6) is -1.54. The van der Waals surface area contributed by atoms with E-state index < -0.39 is 11.9 Å². The van der Waals surface area contributed by atoms with Gasteiger partial charge in [-0.05, 0) is 38.3 Å². The highest BCUT2D eigenvalue weighted by Crippen LogP contribution is 2.24. The fourth-order valence-corrected chi connectivity index (χ4v) is 3.26. The largest absolute Gasteiger partial charge is 0.344 e. The van der Waals surface area contributed by atoms with Crippen molar-refractivity contribution in [2.75, 3.05) is 13.1 Å². The van der Waals surface area contributed by atoms with E-state index in [0.29, 0.717) is 35.5 Å². The number of benzene rings is 1. The van der Waals surface area contributed by atoms with Crippen LogP contribution in [0.1, 0.15) is 52.0 Å². The molecule has 1 atom stereocenters. The second kappa shape index (κ2) is 7.25. The van der Waals surface area contributed by atoms with Crippen molar-refractivity contribution in [2.24, 2.45) is 0 Å². The van der Waals surface area contributed by atoms with Crippen molar-refractivity contribution in [3.63, 3.8) is 0 Å². The van der Waals surface area contributed by atoms with Crippen LogP contribution in [0.25, 0.3) is 0 Å². The van der Waals surface area contributed by atoms with Crippen molar-refractivity contribution in [3.8, 4) is 0 Å². The monoisotopic (exact) mass is 359 g/mol. The molecule has 8 nitrogen and oxygen atoms in total. The fraction of sp³-hybridized carbons (Fsp3) is 0.444. The van der Waals surface area contributed by atoms with Crippen molar-refractivity contribution in [1.29, 1.82) is 0 Å². The van der Waals surface area contributed by atoms with Gasteiger partial charge in [-0.3, -0.25) is 29.3 Å². The number of imide groups is 1. The molecule has 8 heteroatoms. The molecule has 0 bridgehead atoms. The number of nitrogens with zero attached hydrogens (tertiary/aromatic N) is 2. The number of hydroxylamine groups is 2. The third-order valence-corrected chi connectivity index (χ3v) is 4.66. The maximum Gasteiger partial charge on any atom is 0.268 e.